The highest BCUT2D eigenvalue weighted by molar-refractivity contribution is 5.94. The third kappa shape index (κ3) is 3.54. The van der Waals surface area contributed by atoms with Crippen molar-refractivity contribution in [2.24, 2.45) is 23.7 Å². The first-order chi connectivity index (χ1) is 16.2. The maximum Gasteiger partial charge on any atom is 0.309 e. The number of amides is 1. The Hall–Kier alpha value is -2.73. The highest BCUT2D eigenvalue weighted by Crippen LogP contribution is 2.51. The Kier molecular flexibility index (Phi) is 5.55. The molecule has 1 N–H and O–H groups in total. The summed E-state index contributed by atoms with van der Waals surface area (Å²) in [4.78, 5) is 39.8. The Balaban J connectivity index is 1.56. The Morgan fingerprint density at radius 3 is 2.59 bits per heavy atom. The molecule has 1 amide bonds. The monoisotopic (exact) mass is 463 g/mol. The van der Waals surface area contributed by atoms with E-state index in [1.165, 1.54) is 5.57 Å². The molecule has 0 bridgehead atoms. The van der Waals surface area contributed by atoms with E-state index in [1.807, 2.05) is 37.3 Å². The van der Waals surface area contributed by atoms with Crippen molar-refractivity contribution < 1.29 is 23.9 Å². The van der Waals surface area contributed by atoms with E-state index in [9.17, 15) is 14.4 Å². The number of rotatable bonds is 2. The van der Waals surface area contributed by atoms with Crippen LogP contribution in [0.5, 0.6) is 0 Å². The second kappa shape index (κ2) is 8.19. The Bertz CT molecular complexity index is 1080. The lowest BCUT2D eigenvalue weighted by molar-refractivity contribution is -0.177. The number of carbonyl (C=O) groups is 3. The van der Waals surface area contributed by atoms with E-state index in [1.54, 1.807) is 6.92 Å². The van der Waals surface area contributed by atoms with Crippen molar-refractivity contribution in [1.82, 2.24) is 5.32 Å². The molecule has 0 radical (unpaired) electrons. The molecular formula is C28H33NO5. The molecule has 3 aliphatic heterocycles. The molecule has 0 aromatic heterocycles. The van der Waals surface area contributed by atoms with Crippen molar-refractivity contribution >= 4 is 17.7 Å². The van der Waals surface area contributed by atoms with Crippen LogP contribution in [0.15, 0.2) is 54.1 Å². The summed E-state index contributed by atoms with van der Waals surface area (Å²) in [6, 6.07) is 9.92. The van der Waals surface area contributed by atoms with E-state index in [-0.39, 0.29) is 41.9 Å². The van der Waals surface area contributed by atoms with Gasteiger partial charge in [0.25, 0.3) is 5.91 Å². The van der Waals surface area contributed by atoms with Crippen molar-refractivity contribution in [1.29, 1.82) is 0 Å². The van der Waals surface area contributed by atoms with Gasteiger partial charge in [-0.25, -0.2) is 0 Å². The van der Waals surface area contributed by atoms with Gasteiger partial charge in [0.1, 0.15) is 6.10 Å². The average Bonchev–Trinajstić information content (AvgIpc) is 3.36. The standard InChI is InChI=1S/C28H33NO5/c1-16-9-8-12-20-13-17(2)18(3)24-21(14-19-10-6-5-7-11-19)29-26(32)28(20,24)34-23(30)15-22-27(4,33-22)25(16)31/h5-8,10-13,16,18,20-22,24H,9,14-15H2,1-4H3,(H,29,32)/b12-8+/t16-,18+,20-,21-,22-,24-,27+,28+/m0/s1. The first kappa shape index (κ1) is 23.0. The zero-order valence-electron chi connectivity index (χ0n) is 20.2. The van der Waals surface area contributed by atoms with E-state index in [0.29, 0.717) is 12.8 Å². The zero-order valence-corrected chi connectivity index (χ0v) is 20.2. The second-order valence-electron chi connectivity index (χ2n) is 10.6. The van der Waals surface area contributed by atoms with Crippen molar-refractivity contribution in [2.75, 3.05) is 0 Å². The normalized spacial score (nSPS) is 42.6. The highest BCUT2D eigenvalue weighted by atomic mass is 16.6. The van der Waals surface area contributed by atoms with Gasteiger partial charge in [-0.3, -0.25) is 14.4 Å². The molecule has 1 aromatic carbocycles. The fourth-order valence-electron chi connectivity index (χ4n) is 6.31. The molecule has 0 saturated carbocycles. The van der Waals surface area contributed by atoms with Crippen LogP contribution in [-0.4, -0.2) is 41.0 Å². The lowest BCUT2D eigenvalue weighted by Gasteiger charge is -2.44. The third-order valence-corrected chi connectivity index (χ3v) is 8.44. The number of hydrogen-bond acceptors (Lipinski definition) is 5. The molecule has 4 aliphatic rings. The first-order valence-corrected chi connectivity index (χ1v) is 12.3. The SMILES string of the molecule is CC1=C[C@@H]2/C=C/C[C@H](C)C(=O)[C@]3(C)O[C@H]3CC(=O)O[C@]23C(=O)N[C@@H](Cc2ccccc2)[C@@H]3[C@@H]1C. The van der Waals surface area contributed by atoms with Crippen LogP contribution in [0.2, 0.25) is 0 Å². The molecule has 6 heteroatoms. The number of ketones is 1. The summed E-state index contributed by atoms with van der Waals surface area (Å²) >= 11 is 0. The number of Topliss-reactive ketones (excluding diaryl/α,β-unsaturated/α-hetero) is 1. The molecular weight excluding hydrogens is 430 g/mol. The number of esters is 1. The van der Waals surface area contributed by atoms with Gasteiger partial charge in [-0.15, -0.1) is 0 Å². The number of carbonyl (C=O) groups excluding carboxylic acids is 3. The van der Waals surface area contributed by atoms with Gasteiger partial charge in [-0.05, 0) is 38.2 Å². The zero-order chi connectivity index (χ0) is 24.3. The molecule has 6 nitrogen and oxygen atoms in total. The maximum atomic E-state index is 13.7. The molecule has 1 aromatic rings. The number of benzene rings is 1. The Morgan fingerprint density at radius 2 is 1.85 bits per heavy atom. The van der Waals surface area contributed by atoms with E-state index in [0.717, 1.165) is 5.56 Å². The minimum Gasteiger partial charge on any atom is -0.447 e. The van der Waals surface area contributed by atoms with Crippen molar-refractivity contribution in [2.45, 2.75) is 70.3 Å². The fourth-order valence-corrected chi connectivity index (χ4v) is 6.31. The Morgan fingerprint density at radius 1 is 1.12 bits per heavy atom. The average molecular weight is 464 g/mol. The summed E-state index contributed by atoms with van der Waals surface area (Å²) in [6.07, 6.45) is 6.65. The minimum atomic E-state index is -1.32. The number of epoxide rings is 1. The molecule has 1 spiro atoms. The molecule has 1 aliphatic carbocycles. The van der Waals surface area contributed by atoms with Crippen LogP contribution >= 0.6 is 0 Å². The van der Waals surface area contributed by atoms with Crippen LogP contribution in [0.1, 0.15) is 46.1 Å². The molecule has 2 fully saturated rings. The maximum absolute atomic E-state index is 13.7. The van der Waals surface area contributed by atoms with Gasteiger partial charge in [0.05, 0.1) is 6.42 Å². The molecule has 3 heterocycles. The summed E-state index contributed by atoms with van der Waals surface area (Å²) in [7, 11) is 0. The summed E-state index contributed by atoms with van der Waals surface area (Å²) in [5, 5.41) is 3.19. The predicted molar refractivity (Wildman–Crippen MR) is 127 cm³/mol. The molecule has 180 valence electrons. The van der Waals surface area contributed by atoms with Gasteiger partial charge in [0.2, 0.25) is 5.60 Å². The van der Waals surface area contributed by atoms with Gasteiger partial charge in [0.15, 0.2) is 11.4 Å². The topological polar surface area (TPSA) is 85.0 Å². The fraction of sp³-hybridized carbons (Fsp3) is 0.536. The van der Waals surface area contributed by atoms with Crippen LogP contribution in [0.4, 0.5) is 0 Å². The number of nitrogens with one attached hydrogen (secondary N) is 1. The molecule has 0 unspecified atom stereocenters. The van der Waals surface area contributed by atoms with E-state index in [4.69, 9.17) is 9.47 Å². The molecule has 2 saturated heterocycles. The molecule has 5 rings (SSSR count). The van der Waals surface area contributed by atoms with Crippen LogP contribution in [-0.2, 0) is 30.3 Å². The van der Waals surface area contributed by atoms with E-state index >= 15 is 0 Å². The van der Waals surface area contributed by atoms with E-state index in [2.05, 4.69) is 37.4 Å². The lowest BCUT2D eigenvalue weighted by atomic mass is 9.63. The van der Waals surface area contributed by atoms with Crippen molar-refractivity contribution in [3.05, 3.63) is 59.7 Å². The van der Waals surface area contributed by atoms with Gasteiger partial charge in [-0.2, -0.15) is 0 Å². The number of fused-ring (bicyclic) bond motifs is 1. The van der Waals surface area contributed by atoms with Gasteiger partial charge < -0.3 is 14.8 Å². The number of hydrogen-bond donors (Lipinski definition) is 1. The third-order valence-electron chi connectivity index (χ3n) is 8.44. The van der Waals surface area contributed by atoms with E-state index < -0.39 is 29.2 Å². The number of allylic oxidation sites excluding steroid dienone is 2. The molecule has 34 heavy (non-hydrogen) atoms. The summed E-state index contributed by atoms with van der Waals surface area (Å²) < 4.78 is 11.9. The molecule has 8 atom stereocenters. The summed E-state index contributed by atoms with van der Waals surface area (Å²) in [5.41, 5.74) is 0.0379. The van der Waals surface area contributed by atoms with Gasteiger partial charge in [0, 0.05) is 23.8 Å². The van der Waals surface area contributed by atoms with Crippen LogP contribution in [0.3, 0.4) is 0 Å². The quantitative estimate of drug-likeness (QED) is 0.412. The van der Waals surface area contributed by atoms with Crippen molar-refractivity contribution in [3.8, 4) is 0 Å². The van der Waals surface area contributed by atoms with Gasteiger partial charge in [-0.1, -0.05) is 68.0 Å². The van der Waals surface area contributed by atoms with Crippen LogP contribution in [0, 0.1) is 23.7 Å². The summed E-state index contributed by atoms with van der Waals surface area (Å²) in [5.74, 6) is -1.51. The van der Waals surface area contributed by atoms with Gasteiger partial charge >= 0.3 is 5.97 Å². The Labute approximate surface area is 200 Å². The van der Waals surface area contributed by atoms with Crippen LogP contribution < -0.4 is 5.32 Å². The number of ether oxygens (including phenoxy) is 2. The smallest absolute Gasteiger partial charge is 0.309 e. The largest absolute Gasteiger partial charge is 0.447 e. The van der Waals surface area contributed by atoms with Crippen LogP contribution in [0.25, 0.3) is 0 Å². The highest BCUT2D eigenvalue weighted by Gasteiger charge is 2.66. The lowest BCUT2D eigenvalue weighted by Crippen LogP contribution is -2.56. The summed E-state index contributed by atoms with van der Waals surface area (Å²) in [6.45, 7) is 7.83. The van der Waals surface area contributed by atoms with Crippen molar-refractivity contribution in [3.63, 3.8) is 0 Å². The predicted octanol–water partition coefficient (Wildman–Crippen LogP) is 3.55. The second-order valence-corrected chi connectivity index (χ2v) is 10.6. The minimum absolute atomic E-state index is 0.00800. The first-order valence-electron chi connectivity index (χ1n) is 12.3.